The molecule has 6 rings (SSSR count). The predicted octanol–water partition coefficient (Wildman–Crippen LogP) is 7.19. The molecule has 5 aliphatic carbocycles. The highest BCUT2D eigenvalue weighted by Gasteiger charge is 2.85. The minimum atomic E-state index is -1.04. The summed E-state index contributed by atoms with van der Waals surface area (Å²) in [6.45, 7) is 25.6. The van der Waals surface area contributed by atoms with Crippen LogP contribution in [0.2, 0.25) is 0 Å². The van der Waals surface area contributed by atoms with E-state index in [9.17, 15) is 29.7 Å². The van der Waals surface area contributed by atoms with Crippen molar-refractivity contribution in [2.24, 2.45) is 44.8 Å². The first-order valence-corrected chi connectivity index (χ1v) is 21.9. The number of fused-ring (bicyclic) bond motifs is 2. The Morgan fingerprint density at radius 2 is 1.44 bits per heavy atom. The molecule has 1 saturated heterocycles. The van der Waals surface area contributed by atoms with Gasteiger partial charge in [0.15, 0.2) is 0 Å². The van der Waals surface area contributed by atoms with Gasteiger partial charge in [-0.3, -0.25) is 0 Å². The molecule has 0 aromatic heterocycles. The third-order valence-corrected chi connectivity index (χ3v) is 16.3. The first kappa shape index (κ1) is 44.4. The summed E-state index contributed by atoms with van der Waals surface area (Å²) in [5.74, 6) is -0.633. The Hall–Kier alpha value is -2.15. The fourth-order valence-electron chi connectivity index (χ4n) is 14.0. The molecule has 0 radical (unpaired) electrons. The van der Waals surface area contributed by atoms with E-state index in [1.807, 2.05) is 0 Å². The number of rotatable bonds is 9. The van der Waals surface area contributed by atoms with Crippen molar-refractivity contribution in [3.63, 3.8) is 0 Å². The van der Waals surface area contributed by atoms with Crippen LogP contribution in [0, 0.1) is 44.8 Å². The Morgan fingerprint density at radius 1 is 0.807 bits per heavy atom. The van der Waals surface area contributed by atoms with Gasteiger partial charge in [0.2, 0.25) is 0 Å². The Kier molecular flexibility index (Phi) is 11.1. The molecule has 6 fully saturated rings. The topological polar surface area (TPSA) is 173 Å². The second kappa shape index (κ2) is 14.2. The molecular formula is C45H76N2O10. The van der Waals surface area contributed by atoms with Gasteiger partial charge in [0.05, 0.1) is 29.5 Å². The molecule has 1 heterocycles. The highest BCUT2D eigenvalue weighted by molar-refractivity contribution is 5.81. The van der Waals surface area contributed by atoms with Gasteiger partial charge in [0, 0.05) is 18.4 Å². The third-order valence-electron chi connectivity index (χ3n) is 16.3. The molecule has 57 heavy (non-hydrogen) atoms. The molecule has 326 valence electrons. The Morgan fingerprint density at radius 3 is 2.04 bits per heavy atom. The van der Waals surface area contributed by atoms with Gasteiger partial charge in [-0.05, 0) is 166 Å². The van der Waals surface area contributed by atoms with Crippen LogP contribution in [0.5, 0.6) is 0 Å². The zero-order valence-corrected chi connectivity index (χ0v) is 37.3. The van der Waals surface area contributed by atoms with Gasteiger partial charge >= 0.3 is 18.2 Å². The molecule has 0 aromatic carbocycles. The number of aliphatic hydroxyl groups is 3. The number of hydrogen-bond acceptors (Lipinski definition) is 10. The van der Waals surface area contributed by atoms with Crippen LogP contribution in [-0.2, 0) is 23.7 Å². The lowest BCUT2D eigenvalue weighted by atomic mass is 9.41. The molecule has 12 nitrogen and oxygen atoms in total. The predicted molar refractivity (Wildman–Crippen MR) is 215 cm³/mol. The SMILES string of the molecule is CC(C)(C)OC(=O)NCCC[C@H](NC(=O)OC(C)(C)C)C(=O)O[C@H]1CC2C3(CC[C@]4(C)[C@@H]([C@@]5(C)CC[C@@H](C(C)(C)O)O5)[C@@H](O)C[C@@]24C)CC32CC[C@H](O)C(C)(C)[C@H]12. The van der Waals surface area contributed by atoms with Crippen molar-refractivity contribution in [1.82, 2.24) is 10.6 Å². The van der Waals surface area contributed by atoms with E-state index in [1.54, 1.807) is 55.4 Å². The lowest BCUT2D eigenvalue weighted by Crippen LogP contribution is -2.63. The van der Waals surface area contributed by atoms with Crippen molar-refractivity contribution in [2.45, 2.75) is 213 Å². The number of esters is 1. The van der Waals surface area contributed by atoms with Crippen molar-refractivity contribution >= 4 is 18.2 Å². The summed E-state index contributed by atoms with van der Waals surface area (Å²) in [6, 6.07) is -1.04. The van der Waals surface area contributed by atoms with Gasteiger partial charge in [-0.2, -0.15) is 0 Å². The standard InChI is InChI=1S/C45H76N2O10/c1-37(2,3)56-35(51)46-22-14-15-26(47-36(52)57-38(4,5)6)34(50)54-28-23-29-42(12)24-27(48)32(43(13)18-17-31(55-43)40(9,10)53)41(42,11)20-21-44(29)25-45(44)19-16-30(49)39(7,8)33(28)45/h26-33,48-49,53H,14-25H2,1-13H3,(H,46,51)(H,47,52)/t26-,27-,28-,29?,30-,31-,32-,33-,41+,42-,43+,44?,45?/m0/s1. The summed E-state index contributed by atoms with van der Waals surface area (Å²) < 4.78 is 24.4. The minimum Gasteiger partial charge on any atom is -0.460 e. The summed E-state index contributed by atoms with van der Waals surface area (Å²) in [4.78, 5) is 40.0. The number of alkyl carbamates (subject to hydrolysis) is 2. The van der Waals surface area contributed by atoms with E-state index in [0.29, 0.717) is 25.7 Å². The van der Waals surface area contributed by atoms with E-state index in [-0.39, 0.29) is 58.5 Å². The van der Waals surface area contributed by atoms with Gasteiger partial charge < -0.3 is 44.9 Å². The molecule has 1 aliphatic heterocycles. The van der Waals surface area contributed by atoms with E-state index in [2.05, 4.69) is 45.3 Å². The monoisotopic (exact) mass is 805 g/mol. The second-order valence-corrected chi connectivity index (χ2v) is 23.1. The molecule has 6 aliphatic rings. The molecule has 2 spiro atoms. The fourth-order valence-corrected chi connectivity index (χ4v) is 14.0. The maximum atomic E-state index is 14.5. The van der Waals surface area contributed by atoms with Crippen LogP contribution in [0.1, 0.15) is 161 Å². The highest BCUT2D eigenvalue weighted by atomic mass is 16.6. The van der Waals surface area contributed by atoms with Gasteiger partial charge in [-0.25, -0.2) is 14.4 Å². The first-order valence-electron chi connectivity index (χ1n) is 21.9. The third kappa shape index (κ3) is 7.62. The normalized spacial score (nSPS) is 42.7. The molecular weight excluding hydrogens is 728 g/mol. The average molecular weight is 805 g/mol. The van der Waals surface area contributed by atoms with Gasteiger partial charge in [-0.15, -0.1) is 0 Å². The van der Waals surface area contributed by atoms with Gasteiger partial charge in [-0.1, -0.05) is 27.7 Å². The van der Waals surface area contributed by atoms with E-state index in [4.69, 9.17) is 18.9 Å². The zero-order valence-electron chi connectivity index (χ0n) is 37.3. The van der Waals surface area contributed by atoms with E-state index in [0.717, 1.165) is 38.5 Å². The maximum Gasteiger partial charge on any atom is 0.408 e. The number of carbonyl (C=O) groups excluding carboxylic acids is 3. The molecule has 13 atom stereocenters. The average Bonchev–Trinajstić information content (AvgIpc) is 3.40. The summed E-state index contributed by atoms with van der Waals surface area (Å²) in [7, 11) is 0. The molecule has 0 bridgehead atoms. The van der Waals surface area contributed by atoms with Crippen molar-refractivity contribution < 1.29 is 48.7 Å². The quantitative estimate of drug-likeness (QED) is 0.0913. The largest absolute Gasteiger partial charge is 0.460 e. The number of aliphatic hydroxyl groups excluding tert-OH is 2. The van der Waals surface area contributed by atoms with E-state index < -0.39 is 70.3 Å². The van der Waals surface area contributed by atoms with Crippen LogP contribution >= 0.6 is 0 Å². The van der Waals surface area contributed by atoms with Crippen LogP contribution in [0.25, 0.3) is 0 Å². The molecule has 0 aromatic rings. The first-order chi connectivity index (χ1) is 25.9. The molecule has 12 heteroatoms. The van der Waals surface area contributed by atoms with E-state index >= 15 is 0 Å². The Labute approximate surface area is 341 Å². The lowest BCUT2D eigenvalue weighted by molar-refractivity contribution is -0.221. The van der Waals surface area contributed by atoms with Crippen molar-refractivity contribution in [2.75, 3.05) is 6.54 Å². The number of hydrogen-bond donors (Lipinski definition) is 5. The van der Waals surface area contributed by atoms with Gasteiger partial charge in [0.25, 0.3) is 0 Å². The van der Waals surface area contributed by atoms with Crippen LogP contribution in [0.15, 0.2) is 0 Å². The Bertz CT molecular complexity index is 1560. The van der Waals surface area contributed by atoms with Crippen LogP contribution in [-0.4, -0.2) is 92.9 Å². The number of carbonyl (C=O) groups is 3. The zero-order chi connectivity index (χ0) is 42.6. The summed E-state index contributed by atoms with van der Waals surface area (Å²) in [6.07, 6.45) is 4.55. The van der Waals surface area contributed by atoms with Crippen molar-refractivity contribution in [1.29, 1.82) is 0 Å². The molecule has 5 saturated carbocycles. The summed E-state index contributed by atoms with van der Waals surface area (Å²) in [5, 5.41) is 40.2. The minimum absolute atomic E-state index is 0.00934. The highest BCUT2D eigenvalue weighted by Crippen LogP contribution is 2.89. The summed E-state index contributed by atoms with van der Waals surface area (Å²) >= 11 is 0. The number of nitrogens with one attached hydrogen (secondary N) is 2. The number of amides is 2. The Balaban J connectivity index is 1.29. The van der Waals surface area contributed by atoms with Gasteiger partial charge in [0.1, 0.15) is 23.3 Å². The lowest BCUT2D eigenvalue weighted by Gasteiger charge is -2.64. The van der Waals surface area contributed by atoms with E-state index in [1.165, 1.54) is 0 Å². The van der Waals surface area contributed by atoms with Crippen LogP contribution < -0.4 is 10.6 Å². The van der Waals surface area contributed by atoms with Crippen LogP contribution in [0.4, 0.5) is 9.59 Å². The number of ether oxygens (including phenoxy) is 4. The molecule has 5 N–H and O–H groups in total. The smallest absolute Gasteiger partial charge is 0.408 e. The maximum absolute atomic E-state index is 14.5. The van der Waals surface area contributed by atoms with Crippen LogP contribution in [0.3, 0.4) is 0 Å². The molecule has 2 amide bonds. The molecule has 3 unspecified atom stereocenters. The van der Waals surface area contributed by atoms with Crippen molar-refractivity contribution in [3.8, 4) is 0 Å². The fraction of sp³-hybridized carbons (Fsp3) is 0.933. The summed E-state index contributed by atoms with van der Waals surface area (Å²) in [5.41, 5.74) is -4.23. The van der Waals surface area contributed by atoms with Crippen molar-refractivity contribution in [3.05, 3.63) is 0 Å². The second-order valence-electron chi connectivity index (χ2n) is 23.1.